The molecule has 1 aromatic carbocycles. The van der Waals surface area contributed by atoms with Gasteiger partial charge in [-0.1, -0.05) is 0 Å². The van der Waals surface area contributed by atoms with Gasteiger partial charge < -0.3 is 15.4 Å². The van der Waals surface area contributed by atoms with E-state index in [4.69, 9.17) is 5.73 Å². The Morgan fingerprint density at radius 1 is 1.43 bits per heavy atom. The molecule has 1 aromatic heterocycles. The van der Waals surface area contributed by atoms with Crippen LogP contribution >= 0.6 is 0 Å². The zero-order chi connectivity index (χ0) is 9.71. The van der Waals surface area contributed by atoms with Crippen LogP contribution in [0.4, 0.5) is 5.95 Å². The number of fused-ring (bicyclic) bond motifs is 1. The van der Waals surface area contributed by atoms with Crippen LogP contribution < -0.4 is 5.73 Å². The molecule has 14 heavy (non-hydrogen) atoms. The number of phenols is 1. The van der Waals surface area contributed by atoms with Gasteiger partial charge >= 0.3 is 0 Å². The van der Waals surface area contributed by atoms with Crippen LogP contribution in [0.3, 0.4) is 0 Å². The van der Waals surface area contributed by atoms with Gasteiger partial charge in [-0.15, -0.1) is 0 Å². The second-order valence-electron chi connectivity index (χ2n) is 3.74. The molecule has 1 aliphatic rings. The van der Waals surface area contributed by atoms with E-state index >= 15 is 0 Å². The number of nitrogen functional groups attached to an aromatic ring is 1. The van der Waals surface area contributed by atoms with Crippen LogP contribution in [0.15, 0.2) is 18.2 Å². The Labute approximate surface area is 81.0 Å². The van der Waals surface area contributed by atoms with Gasteiger partial charge in [-0.25, -0.2) is 4.98 Å². The first kappa shape index (κ1) is 7.67. The molecule has 4 heteroatoms. The minimum Gasteiger partial charge on any atom is -0.508 e. The van der Waals surface area contributed by atoms with Gasteiger partial charge in [0, 0.05) is 12.1 Å². The average molecular weight is 189 g/mol. The summed E-state index contributed by atoms with van der Waals surface area (Å²) in [7, 11) is 0. The van der Waals surface area contributed by atoms with Gasteiger partial charge in [0.25, 0.3) is 0 Å². The number of hydrogen-bond donors (Lipinski definition) is 2. The molecule has 0 radical (unpaired) electrons. The van der Waals surface area contributed by atoms with Crippen molar-refractivity contribution in [2.75, 3.05) is 5.73 Å². The van der Waals surface area contributed by atoms with Crippen molar-refractivity contribution in [3.63, 3.8) is 0 Å². The summed E-state index contributed by atoms with van der Waals surface area (Å²) in [6.45, 7) is 0. The topological polar surface area (TPSA) is 64.1 Å². The zero-order valence-electron chi connectivity index (χ0n) is 7.64. The quantitative estimate of drug-likeness (QED) is 0.717. The Morgan fingerprint density at radius 3 is 2.93 bits per heavy atom. The first-order valence-electron chi connectivity index (χ1n) is 4.72. The lowest BCUT2D eigenvalue weighted by atomic mass is 10.3. The zero-order valence-corrected chi connectivity index (χ0v) is 7.64. The molecule has 3 N–H and O–H groups in total. The van der Waals surface area contributed by atoms with Crippen molar-refractivity contribution < 1.29 is 5.11 Å². The summed E-state index contributed by atoms with van der Waals surface area (Å²) in [5, 5.41) is 9.38. The van der Waals surface area contributed by atoms with Gasteiger partial charge in [0.05, 0.1) is 11.0 Å². The lowest BCUT2D eigenvalue weighted by Gasteiger charge is -2.02. The number of benzene rings is 1. The summed E-state index contributed by atoms with van der Waals surface area (Å²) < 4.78 is 2.01. The molecule has 0 spiro atoms. The maximum absolute atomic E-state index is 9.38. The molecule has 72 valence electrons. The second-order valence-corrected chi connectivity index (χ2v) is 3.74. The van der Waals surface area contributed by atoms with Gasteiger partial charge in [0.1, 0.15) is 5.75 Å². The van der Waals surface area contributed by atoms with Crippen LogP contribution in [0, 0.1) is 0 Å². The molecule has 3 rings (SSSR count). The molecule has 4 nitrogen and oxygen atoms in total. The molecule has 1 aliphatic carbocycles. The van der Waals surface area contributed by atoms with Crippen molar-refractivity contribution in [3.8, 4) is 5.75 Å². The van der Waals surface area contributed by atoms with Crippen molar-refractivity contribution in [1.29, 1.82) is 0 Å². The predicted octanol–water partition coefficient (Wildman–Crippen LogP) is 1.66. The molecule has 0 bridgehead atoms. The van der Waals surface area contributed by atoms with E-state index in [0.717, 1.165) is 23.9 Å². The summed E-state index contributed by atoms with van der Waals surface area (Å²) in [6.07, 6.45) is 2.32. The van der Waals surface area contributed by atoms with Crippen LogP contribution in [-0.4, -0.2) is 14.7 Å². The minimum atomic E-state index is 0.263. The van der Waals surface area contributed by atoms with Crippen LogP contribution in [0.2, 0.25) is 0 Å². The Balaban J connectivity index is 2.34. The largest absolute Gasteiger partial charge is 0.508 e. The Hall–Kier alpha value is -1.71. The van der Waals surface area contributed by atoms with Gasteiger partial charge in [0.2, 0.25) is 5.95 Å². The highest BCUT2D eigenvalue weighted by molar-refractivity contribution is 5.80. The molecular weight excluding hydrogens is 178 g/mol. The number of nitrogens with two attached hydrogens (primary N) is 1. The van der Waals surface area contributed by atoms with Crippen LogP contribution in [0.1, 0.15) is 18.9 Å². The van der Waals surface area contributed by atoms with E-state index in [-0.39, 0.29) is 5.75 Å². The number of phenolic OH excluding ortho intramolecular Hbond substituents is 1. The van der Waals surface area contributed by atoms with Crippen molar-refractivity contribution in [3.05, 3.63) is 18.2 Å². The van der Waals surface area contributed by atoms with E-state index in [2.05, 4.69) is 4.98 Å². The molecule has 0 unspecified atom stereocenters. The molecule has 1 fully saturated rings. The van der Waals surface area contributed by atoms with Crippen molar-refractivity contribution in [2.45, 2.75) is 18.9 Å². The third-order valence-corrected chi connectivity index (χ3v) is 2.61. The number of imidazole rings is 1. The summed E-state index contributed by atoms with van der Waals surface area (Å²) in [6, 6.07) is 5.63. The van der Waals surface area contributed by atoms with E-state index < -0.39 is 0 Å². The van der Waals surface area contributed by atoms with Crippen molar-refractivity contribution in [1.82, 2.24) is 9.55 Å². The number of hydrogen-bond acceptors (Lipinski definition) is 3. The third kappa shape index (κ3) is 0.968. The van der Waals surface area contributed by atoms with Crippen LogP contribution in [-0.2, 0) is 0 Å². The Morgan fingerprint density at radius 2 is 2.21 bits per heavy atom. The second kappa shape index (κ2) is 2.41. The van der Waals surface area contributed by atoms with E-state index in [1.807, 2.05) is 4.57 Å². The summed E-state index contributed by atoms with van der Waals surface area (Å²) in [5.74, 6) is 0.812. The number of aromatic nitrogens is 2. The minimum absolute atomic E-state index is 0.263. The summed E-state index contributed by atoms with van der Waals surface area (Å²) >= 11 is 0. The van der Waals surface area contributed by atoms with E-state index in [9.17, 15) is 5.11 Å². The van der Waals surface area contributed by atoms with Crippen molar-refractivity contribution >= 4 is 17.0 Å². The predicted molar refractivity (Wildman–Crippen MR) is 54.1 cm³/mol. The van der Waals surface area contributed by atoms with Crippen LogP contribution in [0.25, 0.3) is 11.0 Å². The normalized spacial score (nSPS) is 16.3. The molecule has 0 atom stereocenters. The fraction of sp³-hybridized carbons (Fsp3) is 0.300. The van der Waals surface area contributed by atoms with E-state index in [0.29, 0.717) is 12.0 Å². The highest BCUT2D eigenvalue weighted by Gasteiger charge is 2.27. The molecule has 1 heterocycles. The van der Waals surface area contributed by atoms with Crippen LogP contribution in [0.5, 0.6) is 5.75 Å². The molecule has 0 aliphatic heterocycles. The molecule has 1 saturated carbocycles. The fourth-order valence-electron chi connectivity index (χ4n) is 1.82. The van der Waals surface area contributed by atoms with Gasteiger partial charge in [-0.05, 0) is 25.0 Å². The number of anilines is 1. The average Bonchev–Trinajstić information content (AvgIpc) is 2.90. The molecule has 0 saturated heterocycles. The van der Waals surface area contributed by atoms with Gasteiger partial charge in [0.15, 0.2) is 0 Å². The fourth-order valence-corrected chi connectivity index (χ4v) is 1.82. The first-order chi connectivity index (χ1) is 6.75. The summed E-state index contributed by atoms with van der Waals surface area (Å²) in [5.41, 5.74) is 7.60. The number of aromatic hydroxyl groups is 1. The SMILES string of the molecule is Nc1nc2ccc(O)cc2n1C1CC1. The van der Waals surface area contributed by atoms with Crippen molar-refractivity contribution in [2.24, 2.45) is 0 Å². The Bertz CT molecular complexity index is 499. The van der Waals surface area contributed by atoms with E-state index in [1.54, 1.807) is 18.2 Å². The van der Waals surface area contributed by atoms with Gasteiger partial charge in [-0.2, -0.15) is 0 Å². The molecule has 0 amide bonds. The highest BCUT2D eigenvalue weighted by atomic mass is 16.3. The van der Waals surface area contributed by atoms with Gasteiger partial charge in [-0.3, -0.25) is 0 Å². The lowest BCUT2D eigenvalue weighted by molar-refractivity contribution is 0.476. The monoisotopic (exact) mass is 189 g/mol. The maximum Gasteiger partial charge on any atom is 0.201 e. The standard InChI is InChI=1S/C10H11N3O/c11-10-12-8-4-3-7(14)5-9(8)13(10)6-1-2-6/h3-6,14H,1-2H2,(H2,11,12). The highest BCUT2D eigenvalue weighted by Crippen LogP contribution is 2.39. The molecule has 2 aromatic rings. The molecular formula is C10H11N3O. The maximum atomic E-state index is 9.38. The Kier molecular flexibility index (Phi) is 1.32. The summed E-state index contributed by atoms with van der Waals surface area (Å²) in [4.78, 5) is 4.25. The first-order valence-corrected chi connectivity index (χ1v) is 4.72. The smallest absolute Gasteiger partial charge is 0.201 e. The number of nitrogens with zero attached hydrogens (tertiary/aromatic N) is 2. The number of rotatable bonds is 1. The van der Waals surface area contributed by atoms with E-state index in [1.165, 1.54) is 0 Å². The third-order valence-electron chi connectivity index (χ3n) is 2.61. The lowest BCUT2D eigenvalue weighted by Crippen LogP contribution is -2.00.